The summed E-state index contributed by atoms with van der Waals surface area (Å²) in [6.07, 6.45) is 2.36. The van der Waals surface area contributed by atoms with Crippen molar-refractivity contribution in [2.75, 3.05) is 24.7 Å². The van der Waals surface area contributed by atoms with Crippen LogP contribution in [0.15, 0.2) is 72.8 Å². The van der Waals surface area contributed by atoms with Crippen molar-refractivity contribution in [2.24, 2.45) is 0 Å². The number of imidazole rings is 1. The molecule has 0 spiro atoms. The molecule has 0 bridgehead atoms. The summed E-state index contributed by atoms with van der Waals surface area (Å²) in [7, 11) is 0. The molecule has 1 saturated heterocycles. The third-order valence-corrected chi connectivity index (χ3v) is 6.70. The van der Waals surface area contributed by atoms with Crippen molar-refractivity contribution in [1.82, 2.24) is 9.55 Å². The maximum Gasteiger partial charge on any atom is 0.227 e. The molecule has 1 amide bonds. The maximum absolute atomic E-state index is 13.1. The Kier molecular flexibility index (Phi) is 7.21. The van der Waals surface area contributed by atoms with E-state index in [9.17, 15) is 4.79 Å². The average Bonchev–Trinajstić information content (AvgIpc) is 3.46. The van der Waals surface area contributed by atoms with E-state index < -0.39 is 0 Å². The molecule has 0 radical (unpaired) electrons. The number of aromatic nitrogens is 2. The predicted octanol–water partition coefficient (Wildman–Crippen LogP) is 6.12. The Hall–Kier alpha value is -3.80. The van der Waals surface area contributed by atoms with Crippen LogP contribution in [-0.2, 0) is 11.3 Å². The lowest BCUT2D eigenvalue weighted by Crippen LogP contribution is -2.25. The van der Waals surface area contributed by atoms with Gasteiger partial charge >= 0.3 is 0 Å². The standard InChI is InChI=1S/C30H33N3O3/c1-3-35-28-13-7-6-12-27(28)33-21-23(20-29(33)34)30-31-25-10-4-5-11-26(25)32(30)18-8-9-19-36-24-16-14-22(2)15-17-24/h4-7,10-17,23H,3,8-9,18-21H2,1-2H3/t23-/m0/s1. The monoisotopic (exact) mass is 483 g/mol. The Morgan fingerprint density at radius 1 is 0.944 bits per heavy atom. The van der Waals surface area contributed by atoms with E-state index in [0.29, 0.717) is 26.2 Å². The van der Waals surface area contributed by atoms with E-state index in [4.69, 9.17) is 14.5 Å². The molecule has 4 aromatic rings. The largest absolute Gasteiger partial charge is 0.494 e. The van der Waals surface area contributed by atoms with Crippen LogP contribution in [0.1, 0.15) is 43.5 Å². The first-order chi connectivity index (χ1) is 17.6. The lowest BCUT2D eigenvalue weighted by Gasteiger charge is -2.20. The highest BCUT2D eigenvalue weighted by Crippen LogP contribution is 2.37. The molecule has 1 atom stereocenters. The first-order valence-corrected chi connectivity index (χ1v) is 12.8. The van der Waals surface area contributed by atoms with Gasteiger partial charge in [0, 0.05) is 25.4 Å². The summed E-state index contributed by atoms with van der Waals surface area (Å²) in [6.45, 7) is 6.71. The Balaban J connectivity index is 1.30. The molecule has 186 valence electrons. The van der Waals surface area contributed by atoms with Crippen LogP contribution in [0.4, 0.5) is 5.69 Å². The van der Waals surface area contributed by atoms with Crippen LogP contribution in [-0.4, -0.2) is 35.2 Å². The van der Waals surface area contributed by atoms with Crippen molar-refractivity contribution in [3.63, 3.8) is 0 Å². The first kappa shape index (κ1) is 23.9. The van der Waals surface area contributed by atoms with Gasteiger partial charge in [0.05, 0.1) is 29.9 Å². The maximum atomic E-state index is 13.1. The fourth-order valence-corrected chi connectivity index (χ4v) is 4.91. The summed E-state index contributed by atoms with van der Waals surface area (Å²) in [5.74, 6) is 2.78. The molecule has 5 rings (SSSR count). The number of rotatable bonds is 10. The van der Waals surface area contributed by atoms with Crippen molar-refractivity contribution in [3.05, 3.63) is 84.2 Å². The molecule has 6 nitrogen and oxygen atoms in total. The van der Waals surface area contributed by atoms with Gasteiger partial charge in [0.15, 0.2) is 0 Å². The van der Waals surface area contributed by atoms with E-state index in [1.54, 1.807) is 0 Å². The molecule has 0 aliphatic carbocycles. The Bertz CT molecular complexity index is 1330. The molecule has 3 aromatic carbocycles. The van der Waals surface area contributed by atoms with Crippen LogP contribution < -0.4 is 14.4 Å². The van der Waals surface area contributed by atoms with Gasteiger partial charge in [0.1, 0.15) is 17.3 Å². The van der Waals surface area contributed by atoms with E-state index in [-0.39, 0.29) is 11.8 Å². The normalized spacial score (nSPS) is 15.6. The number of fused-ring (bicyclic) bond motifs is 1. The highest BCUT2D eigenvalue weighted by molar-refractivity contribution is 5.97. The Labute approximate surface area is 212 Å². The summed E-state index contributed by atoms with van der Waals surface area (Å²) in [4.78, 5) is 20.0. The van der Waals surface area contributed by atoms with Gasteiger partial charge in [0.2, 0.25) is 5.91 Å². The van der Waals surface area contributed by atoms with Crippen LogP contribution in [0, 0.1) is 6.92 Å². The number of para-hydroxylation sites is 4. The first-order valence-electron chi connectivity index (χ1n) is 12.8. The van der Waals surface area contributed by atoms with Crippen LogP contribution in [0.5, 0.6) is 11.5 Å². The molecule has 0 N–H and O–H groups in total. The van der Waals surface area contributed by atoms with Gasteiger partial charge in [-0.05, 0) is 63.1 Å². The highest BCUT2D eigenvalue weighted by Gasteiger charge is 2.35. The number of nitrogens with zero attached hydrogens (tertiary/aromatic N) is 3. The van der Waals surface area contributed by atoms with Crippen molar-refractivity contribution in [1.29, 1.82) is 0 Å². The van der Waals surface area contributed by atoms with Crippen molar-refractivity contribution < 1.29 is 14.3 Å². The molecular formula is C30H33N3O3. The molecule has 1 aromatic heterocycles. The zero-order chi connectivity index (χ0) is 24.9. The van der Waals surface area contributed by atoms with Gasteiger partial charge in [-0.2, -0.15) is 0 Å². The van der Waals surface area contributed by atoms with Gasteiger partial charge in [-0.1, -0.05) is 42.0 Å². The topological polar surface area (TPSA) is 56.6 Å². The number of carbonyl (C=O) groups excluding carboxylic acids is 1. The summed E-state index contributed by atoms with van der Waals surface area (Å²) >= 11 is 0. The number of unbranched alkanes of at least 4 members (excludes halogenated alkanes) is 1. The molecule has 1 aliphatic rings. The van der Waals surface area contributed by atoms with Crippen LogP contribution in [0.2, 0.25) is 0 Å². The van der Waals surface area contributed by atoms with Crippen LogP contribution >= 0.6 is 0 Å². The van der Waals surface area contributed by atoms with Gasteiger partial charge in [-0.15, -0.1) is 0 Å². The molecule has 0 saturated carbocycles. The second kappa shape index (κ2) is 10.9. The average molecular weight is 484 g/mol. The van der Waals surface area contributed by atoms with E-state index in [0.717, 1.165) is 53.4 Å². The zero-order valence-electron chi connectivity index (χ0n) is 21.0. The van der Waals surface area contributed by atoms with Gasteiger partial charge in [-0.25, -0.2) is 4.98 Å². The lowest BCUT2D eigenvalue weighted by atomic mass is 10.1. The smallest absolute Gasteiger partial charge is 0.227 e. The van der Waals surface area contributed by atoms with E-state index >= 15 is 0 Å². The number of hydrogen-bond acceptors (Lipinski definition) is 4. The number of anilines is 1. The summed E-state index contributed by atoms with van der Waals surface area (Å²) in [5.41, 5.74) is 4.16. The molecule has 0 unspecified atom stereocenters. The number of hydrogen-bond donors (Lipinski definition) is 0. The van der Waals surface area contributed by atoms with Crippen molar-refractivity contribution >= 4 is 22.6 Å². The Morgan fingerprint density at radius 3 is 2.56 bits per heavy atom. The van der Waals surface area contributed by atoms with E-state index in [2.05, 4.69) is 41.8 Å². The SMILES string of the molecule is CCOc1ccccc1N1C[C@@H](c2nc3ccccc3n2CCCCOc2ccc(C)cc2)CC1=O. The summed E-state index contributed by atoms with van der Waals surface area (Å²) in [5, 5.41) is 0. The molecule has 1 aliphatic heterocycles. The van der Waals surface area contributed by atoms with Crippen molar-refractivity contribution in [2.45, 2.75) is 45.6 Å². The predicted molar refractivity (Wildman–Crippen MR) is 143 cm³/mol. The summed E-state index contributed by atoms with van der Waals surface area (Å²) < 4.78 is 14.0. The van der Waals surface area contributed by atoms with Crippen LogP contribution in [0.3, 0.4) is 0 Å². The lowest BCUT2D eigenvalue weighted by molar-refractivity contribution is -0.117. The fraction of sp³-hybridized carbons (Fsp3) is 0.333. The van der Waals surface area contributed by atoms with E-state index in [1.807, 2.05) is 54.3 Å². The number of aryl methyl sites for hydroxylation is 2. The second-order valence-electron chi connectivity index (χ2n) is 9.29. The quantitative estimate of drug-likeness (QED) is 0.255. The summed E-state index contributed by atoms with van der Waals surface area (Å²) in [6, 6.07) is 24.2. The second-order valence-corrected chi connectivity index (χ2v) is 9.29. The van der Waals surface area contributed by atoms with E-state index in [1.165, 1.54) is 5.56 Å². The van der Waals surface area contributed by atoms with Crippen molar-refractivity contribution in [3.8, 4) is 11.5 Å². The number of ether oxygens (including phenoxy) is 2. The van der Waals surface area contributed by atoms with Crippen LogP contribution in [0.25, 0.3) is 11.0 Å². The minimum Gasteiger partial charge on any atom is -0.494 e. The molecule has 2 heterocycles. The minimum absolute atomic E-state index is 0.0309. The van der Waals surface area contributed by atoms with Gasteiger partial charge in [-0.3, -0.25) is 4.79 Å². The van der Waals surface area contributed by atoms with Gasteiger partial charge < -0.3 is 18.9 Å². The zero-order valence-corrected chi connectivity index (χ0v) is 21.0. The molecule has 1 fully saturated rings. The third-order valence-electron chi connectivity index (χ3n) is 6.70. The number of carbonyl (C=O) groups is 1. The third kappa shape index (κ3) is 5.08. The number of benzene rings is 3. The molecule has 6 heteroatoms. The minimum atomic E-state index is 0.0309. The van der Waals surface area contributed by atoms with Gasteiger partial charge in [0.25, 0.3) is 0 Å². The number of amides is 1. The highest BCUT2D eigenvalue weighted by atomic mass is 16.5. The molecule has 36 heavy (non-hydrogen) atoms. The molecular weight excluding hydrogens is 450 g/mol. The fourth-order valence-electron chi connectivity index (χ4n) is 4.91. The Morgan fingerprint density at radius 2 is 1.72 bits per heavy atom.